The minimum absolute atomic E-state index is 0.128. The molecule has 1 aliphatic heterocycles. The van der Waals surface area contributed by atoms with E-state index in [0.717, 1.165) is 5.56 Å². The number of hydrogen-bond acceptors (Lipinski definition) is 2. The van der Waals surface area contributed by atoms with E-state index in [0.29, 0.717) is 19.5 Å². The molecule has 1 heterocycles. The second-order valence-corrected chi connectivity index (χ2v) is 4.89. The van der Waals surface area contributed by atoms with Crippen molar-refractivity contribution >= 4 is 12.0 Å². The highest BCUT2D eigenvalue weighted by Gasteiger charge is 2.32. The molecule has 1 N–H and O–H groups in total. The van der Waals surface area contributed by atoms with Gasteiger partial charge in [0, 0.05) is 19.2 Å². The van der Waals surface area contributed by atoms with Crippen molar-refractivity contribution in [1.82, 2.24) is 4.90 Å². The summed E-state index contributed by atoms with van der Waals surface area (Å²) in [6, 6.07) is 5.92. The van der Waals surface area contributed by atoms with Crippen LogP contribution in [0.2, 0.25) is 0 Å². The van der Waals surface area contributed by atoms with Crippen LogP contribution in [0.4, 0.5) is 4.39 Å². The lowest BCUT2D eigenvalue weighted by Crippen LogP contribution is -2.32. The van der Waals surface area contributed by atoms with E-state index in [4.69, 9.17) is 0 Å². The molecular formula is C14H16FNO2. The van der Waals surface area contributed by atoms with Crippen LogP contribution in [0.15, 0.2) is 30.3 Å². The fourth-order valence-corrected chi connectivity index (χ4v) is 1.98. The van der Waals surface area contributed by atoms with Gasteiger partial charge < -0.3 is 10.0 Å². The Labute approximate surface area is 106 Å². The van der Waals surface area contributed by atoms with Crippen LogP contribution in [0.1, 0.15) is 18.9 Å². The molecule has 96 valence electrons. The summed E-state index contributed by atoms with van der Waals surface area (Å²) in [5, 5.41) is 9.77. The number of β-amino-alcohol motifs (C(OH)–C–C–N with tert-alkyl or cyclic N) is 1. The van der Waals surface area contributed by atoms with Gasteiger partial charge in [-0.05, 0) is 37.1 Å². The maximum atomic E-state index is 12.7. The Kier molecular flexibility index (Phi) is 3.48. The molecule has 0 bridgehead atoms. The van der Waals surface area contributed by atoms with Gasteiger partial charge in [-0.3, -0.25) is 4.79 Å². The van der Waals surface area contributed by atoms with Gasteiger partial charge in [0.25, 0.3) is 0 Å². The van der Waals surface area contributed by atoms with Crippen LogP contribution in [0.5, 0.6) is 0 Å². The zero-order chi connectivity index (χ0) is 13.2. The average Bonchev–Trinajstić information content (AvgIpc) is 2.69. The zero-order valence-corrected chi connectivity index (χ0v) is 10.3. The first kappa shape index (κ1) is 12.8. The van der Waals surface area contributed by atoms with Crippen LogP contribution in [-0.2, 0) is 4.79 Å². The number of nitrogens with zero attached hydrogens (tertiary/aromatic N) is 1. The van der Waals surface area contributed by atoms with Crippen molar-refractivity contribution in [2.24, 2.45) is 0 Å². The molecule has 0 aliphatic carbocycles. The number of rotatable bonds is 2. The molecule has 2 rings (SSSR count). The Hall–Kier alpha value is -1.68. The van der Waals surface area contributed by atoms with Gasteiger partial charge in [0.1, 0.15) is 5.82 Å². The molecular weight excluding hydrogens is 233 g/mol. The van der Waals surface area contributed by atoms with Crippen molar-refractivity contribution in [3.63, 3.8) is 0 Å². The monoisotopic (exact) mass is 249 g/mol. The molecule has 1 amide bonds. The van der Waals surface area contributed by atoms with Crippen molar-refractivity contribution in [2.75, 3.05) is 13.1 Å². The van der Waals surface area contributed by atoms with Crippen LogP contribution in [-0.4, -0.2) is 34.6 Å². The highest BCUT2D eigenvalue weighted by atomic mass is 19.1. The predicted molar refractivity (Wildman–Crippen MR) is 67.3 cm³/mol. The van der Waals surface area contributed by atoms with E-state index >= 15 is 0 Å². The van der Waals surface area contributed by atoms with Gasteiger partial charge in [-0.1, -0.05) is 12.1 Å². The van der Waals surface area contributed by atoms with Crippen LogP contribution in [0.25, 0.3) is 6.08 Å². The number of likely N-dealkylation sites (tertiary alicyclic amines) is 1. The fraction of sp³-hybridized carbons (Fsp3) is 0.357. The summed E-state index contributed by atoms with van der Waals surface area (Å²) in [6.07, 6.45) is 3.70. The first-order valence-electron chi connectivity index (χ1n) is 5.91. The van der Waals surface area contributed by atoms with E-state index < -0.39 is 5.60 Å². The third-order valence-electron chi connectivity index (χ3n) is 3.05. The van der Waals surface area contributed by atoms with Crippen LogP contribution in [0, 0.1) is 5.82 Å². The molecule has 1 fully saturated rings. The van der Waals surface area contributed by atoms with Gasteiger partial charge in [-0.25, -0.2) is 4.39 Å². The van der Waals surface area contributed by atoms with E-state index in [1.165, 1.54) is 18.2 Å². The molecule has 3 nitrogen and oxygen atoms in total. The normalized spacial score (nSPS) is 23.8. The van der Waals surface area contributed by atoms with Crippen LogP contribution < -0.4 is 0 Å². The molecule has 1 unspecified atom stereocenters. The number of carbonyl (C=O) groups excluding carboxylic acids is 1. The third kappa shape index (κ3) is 3.17. The Morgan fingerprint density at radius 2 is 2.11 bits per heavy atom. The minimum atomic E-state index is -0.778. The lowest BCUT2D eigenvalue weighted by atomic mass is 10.1. The third-order valence-corrected chi connectivity index (χ3v) is 3.05. The largest absolute Gasteiger partial charge is 0.388 e. The summed E-state index contributed by atoms with van der Waals surface area (Å²) in [6.45, 7) is 2.66. The van der Waals surface area contributed by atoms with Gasteiger partial charge in [-0.2, -0.15) is 0 Å². The van der Waals surface area contributed by atoms with E-state index in [-0.39, 0.29) is 11.7 Å². The molecule has 0 saturated carbocycles. The van der Waals surface area contributed by atoms with Gasteiger partial charge in [0.2, 0.25) is 5.91 Å². The maximum Gasteiger partial charge on any atom is 0.246 e. The predicted octanol–water partition coefficient (Wildman–Crippen LogP) is 1.82. The Bertz CT molecular complexity index is 465. The second-order valence-electron chi connectivity index (χ2n) is 4.89. The van der Waals surface area contributed by atoms with Crippen molar-refractivity contribution in [1.29, 1.82) is 0 Å². The number of benzene rings is 1. The smallest absolute Gasteiger partial charge is 0.246 e. The van der Waals surface area contributed by atoms with Crippen molar-refractivity contribution in [3.8, 4) is 0 Å². The molecule has 1 aromatic carbocycles. The molecule has 4 heteroatoms. The summed E-state index contributed by atoms with van der Waals surface area (Å²) < 4.78 is 12.7. The molecule has 0 radical (unpaired) electrons. The Balaban J connectivity index is 1.97. The van der Waals surface area contributed by atoms with Gasteiger partial charge in [0.15, 0.2) is 0 Å². The van der Waals surface area contributed by atoms with Gasteiger partial charge in [0.05, 0.1) is 5.60 Å². The van der Waals surface area contributed by atoms with Crippen molar-refractivity contribution in [3.05, 3.63) is 41.7 Å². The van der Waals surface area contributed by atoms with Crippen molar-refractivity contribution < 1.29 is 14.3 Å². The minimum Gasteiger partial charge on any atom is -0.388 e. The van der Waals surface area contributed by atoms with Crippen molar-refractivity contribution in [2.45, 2.75) is 18.9 Å². The molecule has 1 aromatic rings. The highest BCUT2D eigenvalue weighted by molar-refractivity contribution is 5.92. The molecule has 1 saturated heterocycles. The summed E-state index contributed by atoms with van der Waals surface area (Å²) >= 11 is 0. The number of amides is 1. The first-order chi connectivity index (χ1) is 8.46. The Morgan fingerprint density at radius 3 is 2.67 bits per heavy atom. The number of halogens is 1. The lowest BCUT2D eigenvalue weighted by Gasteiger charge is -2.17. The number of carbonyl (C=O) groups is 1. The number of aliphatic hydroxyl groups is 1. The van der Waals surface area contributed by atoms with E-state index in [9.17, 15) is 14.3 Å². The molecule has 18 heavy (non-hydrogen) atoms. The lowest BCUT2D eigenvalue weighted by molar-refractivity contribution is -0.125. The summed E-state index contributed by atoms with van der Waals surface area (Å²) in [7, 11) is 0. The SMILES string of the molecule is CC1(O)CCN(C(=O)/C=C/c2ccc(F)cc2)C1. The zero-order valence-electron chi connectivity index (χ0n) is 10.3. The Morgan fingerprint density at radius 1 is 1.44 bits per heavy atom. The molecule has 1 aliphatic rings. The fourth-order valence-electron chi connectivity index (χ4n) is 1.98. The highest BCUT2D eigenvalue weighted by Crippen LogP contribution is 2.20. The van der Waals surface area contributed by atoms with E-state index in [2.05, 4.69) is 0 Å². The van der Waals surface area contributed by atoms with Crippen LogP contribution in [0.3, 0.4) is 0 Å². The number of hydrogen-bond donors (Lipinski definition) is 1. The second kappa shape index (κ2) is 4.90. The van der Waals surface area contributed by atoms with E-state index in [1.807, 2.05) is 0 Å². The standard InChI is InChI=1S/C14H16FNO2/c1-14(18)8-9-16(10-14)13(17)7-4-11-2-5-12(15)6-3-11/h2-7,18H,8-10H2,1H3/b7-4+. The molecule has 0 aromatic heterocycles. The van der Waals surface area contributed by atoms with Gasteiger partial charge in [-0.15, -0.1) is 0 Å². The topological polar surface area (TPSA) is 40.5 Å². The van der Waals surface area contributed by atoms with Crippen LogP contribution >= 0.6 is 0 Å². The summed E-state index contributed by atoms with van der Waals surface area (Å²) in [5.74, 6) is -0.425. The molecule has 0 spiro atoms. The summed E-state index contributed by atoms with van der Waals surface area (Å²) in [4.78, 5) is 13.4. The average molecular weight is 249 g/mol. The van der Waals surface area contributed by atoms with E-state index in [1.54, 1.807) is 30.0 Å². The quantitative estimate of drug-likeness (QED) is 0.812. The maximum absolute atomic E-state index is 12.7. The van der Waals surface area contributed by atoms with Gasteiger partial charge >= 0.3 is 0 Å². The summed E-state index contributed by atoms with van der Waals surface area (Å²) in [5.41, 5.74) is -0.00459. The molecule has 1 atom stereocenters. The first-order valence-corrected chi connectivity index (χ1v) is 5.91.